The standard InChI is InChI=1S/C75H134O6/c1-4-7-10-13-16-19-22-25-28-30-32-34-36-37-39-40-42-44-47-50-53-56-59-62-65-68-74(77)80-71-72(70-79-73(76)67-64-61-58-55-52-49-46-27-24-21-18-15-12-9-6-3)81-75(78)69-66-63-60-57-54-51-48-45-43-41-38-35-33-31-29-26-23-20-17-14-11-8-5-2/h18,21-22,25,27,30-33,36-37,46,72H,4-17,19-20,23-24,26,28-29,34-35,38-45,47-71H2,1-3H3/b21-18-,25-22-,32-30-,33-31-,37-36-,46-27-. The molecule has 0 aromatic rings. The molecule has 0 aliphatic heterocycles. The zero-order valence-electron chi connectivity index (χ0n) is 54.1. The van der Waals surface area contributed by atoms with Crippen molar-refractivity contribution in [3.05, 3.63) is 72.9 Å². The van der Waals surface area contributed by atoms with E-state index in [9.17, 15) is 14.4 Å². The third-order valence-electron chi connectivity index (χ3n) is 15.7. The molecule has 0 saturated carbocycles. The van der Waals surface area contributed by atoms with Crippen LogP contribution in [0.1, 0.15) is 367 Å². The van der Waals surface area contributed by atoms with Crippen LogP contribution < -0.4 is 0 Å². The molecule has 0 aliphatic carbocycles. The minimum atomic E-state index is -0.785. The SMILES string of the molecule is CCCCC/C=C\C/C=C\CCCCCCCC(=O)OCC(COC(=O)CCCCCCCCCCCC/C=C\C/C=C\C/C=C\CCCCCCC)OC(=O)CCCCCCCCCCCCC/C=C\CCCCCCCCCC. The first kappa shape index (κ1) is 77.9. The number of hydrogen-bond acceptors (Lipinski definition) is 6. The fraction of sp³-hybridized carbons (Fsp3) is 0.800. The molecule has 0 fully saturated rings. The lowest BCUT2D eigenvalue weighted by Crippen LogP contribution is -2.30. The Bertz CT molecular complexity index is 1490. The van der Waals surface area contributed by atoms with Crippen molar-refractivity contribution in [3.63, 3.8) is 0 Å². The van der Waals surface area contributed by atoms with Gasteiger partial charge in [-0.1, -0.05) is 306 Å². The summed E-state index contributed by atoms with van der Waals surface area (Å²) in [6.07, 6.45) is 90.6. The van der Waals surface area contributed by atoms with Gasteiger partial charge in [-0.2, -0.15) is 0 Å². The smallest absolute Gasteiger partial charge is 0.306 e. The second kappa shape index (κ2) is 69.3. The minimum absolute atomic E-state index is 0.0803. The van der Waals surface area contributed by atoms with Crippen LogP contribution in [0.5, 0.6) is 0 Å². The van der Waals surface area contributed by atoms with Crippen molar-refractivity contribution in [2.75, 3.05) is 13.2 Å². The number of carbonyl (C=O) groups is 3. The lowest BCUT2D eigenvalue weighted by atomic mass is 10.0. The molecule has 0 radical (unpaired) electrons. The van der Waals surface area contributed by atoms with Gasteiger partial charge in [-0.3, -0.25) is 14.4 Å². The summed E-state index contributed by atoms with van der Waals surface area (Å²) in [5.41, 5.74) is 0. The molecule has 0 aromatic carbocycles. The molecule has 470 valence electrons. The monoisotopic (exact) mass is 1130 g/mol. The van der Waals surface area contributed by atoms with Gasteiger partial charge < -0.3 is 14.2 Å². The first-order valence-corrected chi connectivity index (χ1v) is 35.4. The molecule has 0 aliphatic rings. The maximum Gasteiger partial charge on any atom is 0.306 e. The van der Waals surface area contributed by atoms with E-state index in [0.717, 1.165) is 89.9 Å². The van der Waals surface area contributed by atoms with Crippen molar-refractivity contribution in [1.82, 2.24) is 0 Å². The molecule has 81 heavy (non-hydrogen) atoms. The second-order valence-corrected chi connectivity index (χ2v) is 23.8. The van der Waals surface area contributed by atoms with Crippen LogP contribution in [-0.2, 0) is 28.6 Å². The molecule has 0 heterocycles. The highest BCUT2D eigenvalue weighted by Crippen LogP contribution is 2.17. The Hall–Kier alpha value is -3.15. The Morgan fingerprint density at radius 2 is 0.444 bits per heavy atom. The topological polar surface area (TPSA) is 78.9 Å². The Morgan fingerprint density at radius 3 is 0.728 bits per heavy atom. The molecule has 0 bridgehead atoms. The van der Waals surface area contributed by atoms with Crippen molar-refractivity contribution >= 4 is 17.9 Å². The molecule has 1 unspecified atom stereocenters. The summed E-state index contributed by atoms with van der Waals surface area (Å²) in [5.74, 6) is -0.879. The van der Waals surface area contributed by atoms with Gasteiger partial charge in [0, 0.05) is 19.3 Å². The first-order valence-electron chi connectivity index (χ1n) is 35.4. The summed E-state index contributed by atoms with van der Waals surface area (Å²) in [4.78, 5) is 38.5. The van der Waals surface area contributed by atoms with Gasteiger partial charge in [0.15, 0.2) is 6.10 Å². The summed E-state index contributed by atoms with van der Waals surface area (Å²) in [7, 11) is 0. The highest BCUT2D eigenvalue weighted by Gasteiger charge is 2.19. The molecule has 6 nitrogen and oxygen atoms in total. The number of ether oxygens (including phenoxy) is 3. The Labute approximate surface area is 503 Å². The highest BCUT2D eigenvalue weighted by atomic mass is 16.6. The molecular weight excluding hydrogens is 997 g/mol. The van der Waals surface area contributed by atoms with Crippen molar-refractivity contribution in [3.8, 4) is 0 Å². The number of hydrogen-bond donors (Lipinski definition) is 0. The molecular formula is C75H134O6. The molecule has 0 spiro atoms. The van der Waals surface area contributed by atoms with Crippen molar-refractivity contribution in [2.45, 2.75) is 374 Å². The van der Waals surface area contributed by atoms with Gasteiger partial charge in [0.05, 0.1) is 0 Å². The van der Waals surface area contributed by atoms with Crippen LogP contribution in [0, 0.1) is 0 Å². The van der Waals surface area contributed by atoms with Gasteiger partial charge in [0.1, 0.15) is 13.2 Å². The van der Waals surface area contributed by atoms with Crippen LogP contribution >= 0.6 is 0 Å². The van der Waals surface area contributed by atoms with Crippen LogP contribution in [0.2, 0.25) is 0 Å². The van der Waals surface area contributed by atoms with Gasteiger partial charge in [0.2, 0.25) is 0 Å². The van der Waals surface area contributed by atoms with E-state index in [1.54, 1.807) is 0 Å². The maximum absolute atomic E-state index is 13.0. The van der Waals surface area contributed by atoms with Crippen LogP contribution in [0.15, 0.2) is 72.9 Å². The summed E-state index contributed by atoms with van der Waals surface area (Å²) >= 11 is 0. The van der Waals surface area contributed by atoms with E-state index in [4.69, 9.17) is 14.2 Å². The van der Waals surface area contributed by atoms with E-state index in [1.165, 1.54) is 238 Å². The molecule has 0 rings (SSSR count). The number of carbonyl (C=O) groups excluding carboxylic acids is 3. The largest absolute Gasteiger partial charge is 0.462 e. The summed E-state index contributed by atoms with van der Waals surface area (Å²) in [5, 5.41) is 0. The quantitative estimate of drug-likeness (QED) is 0.0261. The highest BCUT2D eigenvalue weighted by molar-refractivity contribution is 5.71. The molecule has 0 N–H and O–H groups in total. The van der Waals surface area contributed by atoms with Crippen LogP contribution in [0.4, 0.5) is 0 Å². The van der Waals surface area contributed by atoms with Gasteiger partial charge in [-0.25, -0.2) is 0 Å². The third-order valence-corrected chi connectivity index (χ3v) is 15.7. The van der Waals surface area contributed by atoms with E-state index >= 15 is 0 Å². The summed E-state index contributed by atoms with van der Waals surface area (Å²) < 4.78 is 17.0. The van der Waals surface area contributed by atoms with Crippen LogP contribution in [0.3, 0.4) is 0 Å². The third kappa shape index (κ3) is 67.5. The average Bonchev–Trinajstić information content (AvgIpc) is 3.47. The lowest BCUT2D eigenvalue weighted by Gasteiger charge is -2.18. The number of esters is 3. The number of unbranched alkanes of at least 4 members (excludes halogenated alkanes) is 42. The normalized spacial score (nSPS) is 12.5. The van der Waals surface area contributed by atoms with Crippen LogP contribution in [0.25, 0.3) is 0 Å². The lowest BCUT2D eigenvalue weighted by molar-refractivity contribution is -0.167. The summed E-state index contributed by atoms with van der Waals surface area (Å²) in [6, 6.07) is 0. The van der Waals surface area contributed by atoms with E-state index in [-0.39, 0.29) is 31.1 Å². The number of allylic oxidation sites excluding steroid dienone is 12. The van der Waals surface area contributed by atoms with Gasteiger partial charge in [-0.15, -0.1) is 0 Å². The molecule has 1 atom stereocenters. The van der Waals surface area contributed by atoms with E-state index in [0.29, 0.717) is 19.3 Å². The summed E-state index contributed by atoms with van der Waals surface area (Å²) in [6.45, 7) is 6.64. The second-order valence-electron chi connectivity index (χ2n) is 23.8. The predicted molar refractivity (Wildman–Crippen MR) is 353 cm³/mol. The average molecular weight is 1130 g/mol. The first-order chi connectivity index (χ1) is 40.0. The van der Waals surface area contributed by atoms with E-state index < -0.39 is 6.10 Å². The van der Waals surface area contributed by atoms with Crippen LogP contribution in [-0.4, -0.2) is 37.2 Å². The zero-order valence-corrected chi connectivity index (χ0v) is 54.1. The zero-order chi connectivity index (χ0) is 58.5. The minimum Gasteiger partial charge on any atom is -0.462 e. The fourth-order valence-electron chi connectivity index (χ4n) is 10.3. The predicted octanol–water partition coefficient (Wildman–Crippen LogP) is 24.4. The van der Waals surface area contributed by atoms with Gasteiger partial charge in [-0.05, 0) is 116 Å². The Morgan fingerprint density at radius 1 is 0.247 bits per heavy atom. The maximum atomic E-state index is 13.0. The molecule has 0 saturated heterocycles. The Kier molecular flexibility index (Phi) is 66.6. The number of rotatable bonds is 65. The van der Waals surface area contributed by atoms with Crippen molar-refractivity contribution in [2.24, 2.45) is 0 Å². The molecule has 6 heteroatoms. The molecule has 0 aromatic heterocycles. The van der Waals surface area contributed by atoms with Gasteiger partial charge >= 0.3 is 17.9 Å². The van der Waals surface area contributed by atoms with E-state index in [1.807, 2.05) is 0 Å². The van der Waals surface area contributed by atoms with E-state index in [2.05, 4.69) is 93.7 Å². The van der Waals surface area contributed by atoms with Crippen molar-refractivity contribution < 1.29 is 28.6 Å². The van der Waals surface area contributed by atoms with Crippen molar-refractivity contribution in [1.29, 1.82) is 0 Å². The Balaban J connectivity index is 4.33. The molecule has 0 amide bonds. The fourth-order valence-corrected chi connectivity index (χ4v) is 10.3. The van der Waals surface area contributed by atoms with Gasteiger partial charge in [0.25, 0.3) is 0 Å².